The summed E-state index contributed by atoms with van der Waals surface area (Å²) >= 11 is 11.9. The minimum Gasteiger partial charge on any atom is -0.497 e. The molecule has 0 spiro atoms. The molecule has 7 nitrogen and oxygen atoms in total. The molecule has 0 aliphatic carbocycles. The van der Waals surface area contributed by atoms with E-state index in [0.717, 1.165) is 17.0 Å². The van der Waals surface area contributed by atoms with Crippen LogP contribution in [0.25, 0.3) is 11.3 Å². The number of nitrogens with zero attached hydrogens (tertiary/aromatic N) is 2. The number of rotatable bonds is 7. The summed E-state index contributed by atoms with van der Waals surface area (Å²) in [7, 11) is 1.61. The highest BCUT2D eigenvalue weighted by Crippen LogP contribution is 2.28. The molecule has 0 bridgehead atoms. The third kappa shape index (κ3) is 5.28. The summed E-state index contributed by atoms with van der Waals surface area (Å²) in [4.78, 5) is 12.2. The average molecular weight is 433 g/mol. The Morgan fingerprint density at radius 2 is 2.00 bits per heavy atom. The van der Waals surface area contributed by atoms with Crippen molar-refractivity contribution in [1.29, 1.82) is 0 Å². The molecule has 0 saturated carbocycles. The number of carbonyl (C=O) groups is 1. The lowest BCUT2D eigenvalue weighted by Gasteiger charge is -2.14. The normalized spacial score (nSPS) is 12.0. The van der Waals surface area contributed by atoms with Gasteiger partial charge in [0, 0.05) is 16.1 Å². The molecule has 0 aliphatic rings. The first-order valence-electron chi connectivity index (χ1n) is 8.60. The van der Waals surface area contributed by atoms with Crippen molar-refractivity contribution in [3.05, 3.63) is 64.3 Å². The molecule has 1 heterocycles. The van der Waals surface area contributed by atoms with Crippen molar-refractivity contribution in [2.24, 2.45) is 5.10 Å². The van der Waals surface area contributed by atoms with E-state index in [1.54, 1.807) is 38.4 Å². The second-order valence-electron chi connectivity index (χ2n) is 6.00. The van der Waals surface area contributed by atoms with E-state index in [2.05, 4.69) is 20.7 Å². The first kappa shape index (κ1) is 20.7. The maximum Gasteiger partial charge on any atom is 0.280 e. The van der Waals surface area contributed by atoms with Crippen LogP contribution in [0.4, 0.5) is 0 Å². The number of hydrogen-bond acceptors (Lipinski definition) is 5. The lowest BCUT2D eigenvalue weighted by Crippen LogP contribution is -2.33. The molecule has 0 unspecified atom stereocenters. The van der Waals surface area contributed by atoms with Crippen molar-refractivity contribution in [1.82, 2.24) is 15.6 Å². The van der Waals surface area contributed by atoms with Crippen molar-refractivity contribution in [3.8, 4) is 22.8 Å². The van der Waals surface area contributed by atoms with Gasteiger partial charge in [-0.25, -0.2) is 5.43 Å². The molecule has 1 atom stereocenters. The predicted octanol–water partition coefficient (Wildman–Crippen LogP) is 4.31. The van der Waals surface area contributed by atoms with Gasteiger partial charge in [0.1, 0.15) is 11.5 Å². The van der Waals surface area contributed by atoms with Gasteiger partial charge in [0.15, 0.2) is 6.10 Å². The van der Waals surface area contributed by atoms with Crippen LogP contribution in [0.5, 0.6) is 11.5 Å². The molecule has 1 aromatic heterocycles. The Morgan fingerprint density at radius 1 is 1.24 bits per heavy atom. The predicted molar refractivity (Wildman–Crippen MR) is 113 cm³/mol. The van der Waals surface area contributed by atoms with Gasteiger partial charge in [-0.2, -0.15) is 10.2 Å². The quantitative estimate of drug-likeness (QED) is 0.429. The van der Waals surface area contributed by atoms with Crippen LogP contribution in [0, 0.1) is 0 Å². The van der Waals surface area contributed by atoms with E-state index in [4.69, 9.17) is 32.7 Å². The van der Waals surface area contributed by atoms with Crippen LogP contribution in [0.2, 0.25) is 10.0 Å². The fourth-order valence-electron chi connectivity index (χ4n) is 2.45. The molecule has 3 aromatic rings. The Balaban J connectivity index is 1.62. The zero-order chi connectivity index (χ0) is 20.8. The largest absolute Gasteiger partial charge is 0.497 e. The van der Waals surface area contributed by atoms with Crippen molar-refractivity contribution in [2.45, 2.75) is 13.0 Å². The maximum absolute atomic E-state index is 12.2. The van der Waals surface area contributed by atoms with E-state index >= 15 is 0 Å². The van der Waals surface area contributed by atoms with Gasteiger partial charge < -0.3 is 9.47 Å². The highest BCUT2D eigenvalue weighted by Gasteiger charge is 2.16. The highest BCUT2D eigenvalue weighted by molar-refractivity contribution is 6.35. The van der Waals surface area contributed by atoms with Crippen molar-refractivity contribution in [3.63, 3.8) is 0 Å². The number of methoxy groups -OCH3 is 1. The van der Waals surface area contributed by atoms with Crippen LogP contribution in [0.15, 0.2) is 53.8 Å². The van der Waals surface area contributed by atoms with Gasteiger partial charge in [-0.1, -0.05) is 23.2 Å². The van der Waals surface area contributed by atoms with Crippen LogP contribution >= 0.6 is 23.2 Å². The summed E-state index contributed by atoms with van der Waals surface area (Å²) in [5, 5.41) is 11.8. The molecular formula is C20H18Cl2N4O3. The number of carbonyl (C=O) groups excluding carboxylic acids is 1. The van der Waals surface area contributed by atoms with Gasteiger partial charge in [-0.3, -0.25) is 9.89 Å². The second kappa shape index (κ2) is 9.45. The summed E-state index contributed by atoms with van der Waals surface area (Å²) in [6, 6.07) is 12.3. The average Bonchev–Trinajstić information content (AvgIpc) is 3.18. The van der Waals surface area contributed by atoms with E-state index in [9.17, 15) is 4.79 Å². The van der Waals surface area contributed by atoms with Crippen LogP contribution in [0.3, 0.4) is 0 Å². The minimum atomic E-state index is -0.809. The number of aromatic amines is 1. The van der Waals surface area contributed by atoms with E-state index in [1.165, 1.54) is 6.21 Å². The topological polar surface area (TPSA) is 88.6 Å². The van der Waals surface area contributed by atoms with Crippen molar-refractivity contribution in [2.75, 3.05) is 7.11 Å². The molecule has 3 rings (SSSR count). The summed E-state index contributed by atoms with van der Waals surface area (Å²) in [6.07, 6.45) is 2.31. The summed E-state index contributed by atoms with van der Waals surface area (Å²) in [6.45, 7) is 1.59. The maximum atomic E-state index is 12.2. The SMILES string of the molecule is COc1ccc(-c2[nH]ncc2/C=N/NC(=O)[C@H](C)Oc2ccc(Cl)cc2Cl)cc1. The molecule has 0 fully saturated rings. The van der Waals surface area contributed by atoms with Crippen molar-refractivity contribution < 1.29 is 14.3 Å². The number of amides is 1. The molecule has 29 heavy (non-hydrogen) atoms. The highest BCUT2D eigenvalue weighted by atomic mass is 35.5. The molecule has 0 aliphatic heterocycles. The molecule has 2 N–H and O–H groups in total. The fraction of sp³-hybridized carbons (Fsp3) is 0.150. The lowest BCUT2D eigenvalue weighted by molar-refractivity contribution is -0.127. The standard InChI is InChI=1S/C20H18Cl2N4O3/c1-12(29-18-8-5-15(21)9-17(18)22)20(27)26-24-11-14-10-23-25-19(14)13-3-6-16(28-2)7-4-13/h3-12H,1-2H3,(H,23,25)(H,26,27)/b24-11+/t12-/m0/s1. The molecule has 0 saturated heterocycles. The second-order valence-corrected chi connectivity index (χ2v) is 6.84. The van der Waals surface area contributed by atoms with Crippen LogP contribution in [-0.2, 0) is 4.79 Å². The Hall–Kier alpha value is -3.03. The number of hydrogen-bond donors (Lipinski definition) is 2. The molecule has 2 aromatic carbocycles. The van der Waals surface area contributed by atoms with Gasteiger partial charge in [0.25, 0.3) is 5.91 Å². The number of nitrogens with one attached hydrogen (secondary N) is 2. The summed E-state index contributed by atoms with van der Waals surface area (Å²) in [5.74, 6) is 0.687. The smallest absolute Gasteiger partial charge is 0.280 e. The van der Waals surface area contributed by atoms with Crippen LogP contribution < -0.4 is 14.9 Å². The van der Waals surface area contributed by atoms with Gasteiger partial charge in [-0.05, 0) is 49.4 Å². The number of benzene rings is 2. The number of halogens is 2. The number of aromatic nitrogens is 2. The van der Waals surface area contributed by atoms with Gasteiger partial charge in [0.2, 0.25) is 0 Å². The van der Waals surface area contributed by atoms with E-state index in [1.807, 2.05) is 24.3 Å². The zero-order valence-corrected chi connectivity index (χ0v) is 17.2. The summed E-state index contributed by atoms with van der Waals surface area (Å²) in [5.41, 5.74) is 4.83. The zero-order valence-electron chi connectivity index (χ0n) is 15.6. The summed E-state index contributed by atoms with van der Waals surface area (Å²) < 4.78 is 10.7. The Bertz CT molecular complexity index is 1020. The number of ether oxygens (including phenoxy) is 2. The fourth-order valence-corrected chi connectivity index (χ4v) is 2.91. The Labute approximate surface area is 177 Å². The van der Waals surface area contributed by atoms with Crippen molar-refractivity contribution >= 4 is 35.3 Å². The minimum absolute atomic E-state index is 0.322. The van der Waals surface area contributed by atoms with Gasteiger partial charge in [0.05, 0.1) is 30.2 Å². The van der Waals surface area contributed by atoms with Crippen LogP contribution in [0.1, 0.15) is 12.5 Å². The molecule has 0 radical (unpaired) electrons. The van der Waals surface area contributed by atoms with E-state index < -0.39 is 12.0 Å². The molecular weight excluding hydrogens is 415 g/mol. The number of H-pyrrole nitrogens is 1. The van der Waals surface area contributed by atoms with Crippen LogP contribution in [-0.4, -0.2) is 35.5 Å². The first-order chi connectivity index (χ1) is 14.0. The molecule has 1 amide bonds. The van der Waals surface area contributed by atoms with E-state index in [0.29, 0.717) is 21.4 Å². The van der Waals surface area contributed by atoms with Gasteiger partial charge in [-0.15, -0.1) is 0 Å². The first-order valence-corrected chi connectivity index (χ1v) is 9.36. The lowest BCUT2D eigenvalue weighted by atomic mass is 10.1. The third-order valence-corrected chi connectivity index (χ3v) is 4.52. The third-order valence-electron chi connectivity index (χ3n) is 3.99. The molecule has 150 valence electrons. The monoisotopic (exact) mass is 432 g/mol. The van der Waals surface area contributed by atoms with Gasteiger partial charge >= 0.3 is 0 Å². The van der Waals surface area contributed by atoms with E-state index in [-0.39, 0.29) is 0 Å². The Morgan fingerprint density at radius 3 is 2.69 bits per heavy atom. The molecule has 9 heteroatoms. The number of hydrazone groups is 1. The Kier molecular flexibility index (Phi) is 6.74.